The molecule has 6 rings (SSSR count). The van der Waals surface area contributed by atoms with Gasteiger partial charge in [-0.3, -0.25) is 4.79 Å². The number of fused-ring (bicyclic) bond motifs is 1. The van der Waals surface area contributed by atoms with E-state index in [-0.39, 0.29) is 33.7 Å². The van der Waals surface area contributed by atoms with E-state index in [0.717, 1.165) is 54.3 Å². The van der Waals surface area contributed by atoms with E-state index in [0.29, 0.717) is 30.5 Å². The lowest BCUT2D eigenvalue weighted by Gasteiger charge is -2.41. The van der Waals surface area contributed by atoms with Gasteiger partial charge in [-0.1, -0.05) is 55.3 Å². The lowest BCUT2D eigenvalue weighted by molar-refractivity contribution is -0.166. The molecule has 2 aromatic heterocycles. The summed E-state index contributed by atoms with van der Waals surface area (Å²) in [6, 6.07) is 19.7. The minimum atomic E-state index is -0.769. The summed E-state index contributed by atoms with van der Waals surface area (Å²) in [5.41, 5.74) is 1.57. The number of aromatic nitrogens is 3. The second-order valence-electron chi connectivity index (χ2n) is 10.5. The Morgan fingerprint density at radius 1 is 1.02 bits per heavy atom. The van der Waals surface area contributed by atoms with Crippen molar-refractivity contribution in [3.8, 4) is 5.75 Å². The quantitative estimate of drug-likeness (QED) is 0.166. The smallest absolute Gasteiger partial charge is 0.349 e. The lowest BCUT2D eigenvalue weighted by Crippen LogP contribution is -2.45. The number of hydrogen-bond acceptors (Lipinski definition) is 7. The fourth-order valence-corrected chi connectivity index (χ4v) is 6.59. The van der Waals surface area contributed by atoms with E-state index in [1.54, 1.807) is 12.3 Å². The van der Waals surface area contributed by atoms with Crippen molar-refractivity contribution in [1.82, 2.24) is 15.0 Å². The SMILES string of the molecule is O=C1OC(CCc2ccc(OCc3ccccc3)cc2)(C2CCCC2)CC(O)=C1Sc1nc2[nH]ccc2c(=O)[nH]1. The van der Waals surface area contributed by atoms with Gasteiger partial charge in [0.15, 0.2) is 5.16 Å². The second kappa shape index (κ2) is 11.3. The van der Waals surface area contributed by atoms with Crippen molar-refractivity contribution < 1.29 is 19.4 Å². The highest BCUT2D eigenvalue weighted by atomic mass is 32.2. The predicted molar refractivity (Wildman–Crippen MR) is 153 cm³/mol. The van der Waals surface area contributed by atoms with Crippen LogP contribution in [0.5, 0.6) is 5.75 Å². The molecule has 1 unspecified atom stereocenters. The number of thioether (sulfide) groups is 1. The van der Waals surface area contributed by atoms with E-state index in [1.165, 1.54) is 0 Å². The van der Waals surface area contributed by atoms with Crippen LogP contribution in [-0.2, 0) is 22.6 Å². The normalized spacial score (nSPS) is 19.8. The summed E-state index contributed by atoms with van der Waals surface area (Å²) in [6.07, 6.45) is 7.31. The molecule has 40 heavy (non-hydrogen) atoms. The molecule has 0 saturated heterocycles. The fraction of sp³-hybridized carbons (Fsp3) is 0.323. The topological polar surface area (TPSA) is 117 Å². The van der Waals surface area contributed by atoms with Gasteiger partial charge in [-0.05, 0) is 72.7 Å². The Morgan fingerprint density at radius 2 is 1.80 bits per heavy atom. The van der Waals surface area contributed by atoms with Gasteiger partial charge in [-0.25, -0.2) is 9.78 Å². The van der Waals surface area contributed by atoms with Crippen LogP contribution in [0.1, 0.15) is 49.7 Å². The van der Waals surface area contributed by atoms with Gasteiger partial charge in [-0.15, -0.1) is 0 Å². The first-order chi connectivity index (χ1) is 19.5. The summed E-state index contributed by atoms with van der Waals surface area (Å²) in [5, 5.41) is 11.8. The number of rotatable bonds is 9. The number of carbonyl (C=O) groups is 1. The molecule has 3 N–H and O–H groups in total. The Morgan fingerprint density at radius 3 is 2.55 bits per heavy atom. The van der Waals surface area contributed by atoms with Gasteiger partial charge < -0.3 is 24.5 Å². The van der Waals surface area contributed by atoms with Gasteiger partial charge >= 0.3 is 5.97 Å². The van der Waals surface area contributed by atoms with Crippen LogP contribution in [0, 0.1) is 5.92 Å². The number of aryl methyl sites for hydroxylation is 1. The van der Waals surface area contributed by atoms with Crippen LogP contribution in [-0.4, -0.2) is 31.6 Å². The van der Waals surface area contributed by atoms with Gasteiger partial charge in [0.25, 0.3) is 5.56 Å². The van der Waals surface area contributed by atoms with E-state index >= 15 is 0 Å². The first-order valence-electron chi connectivity index (χ1n) is 13.7. The van der Waals surface area contributed by atoms with Crippen LogP contribution in [0.4, 0.5) is 0 Å². The first-order valence-corrected chi connectivity index (χ1v) is 14.5. The fourth-order valence-electron chi connectivity index (χ4n) is 5.80. The molecule has 206 valence electrons. The number of cyclic esters (lactones) is 1. The van der Waals surface area contributed by atoms with Crippen LogP contribution in [0.2, 0.25) is 0 Å². The van der Waals surface area contributed by atoms with Crippen LogP contribution >= 0.6 is 11.8 Å². The van der Waals surface area contributed by atoms with Crippen molar-refractivity contribution in [3.05, 3.63) is 99.0 Å². The molecule has 1 aliphatic carbocycles. The largest absolute Gasteiger partial charge is 0.511 e. The van der Waals surface area contributed by atoms with E-state index in [4.69, 9.17) is 9.47 Å². The van der Waals surface area contributed by atoms with Gasteiger partial charge in [0.2, 0.25) is 0 Å². The van der Waals surface area contributed by atoms with Gasteiger partial charge in [0.1, 0.15) is 34.3 Å². The number of carbonyl (C=O) groups excluding carboxylic acids is 1. The molecule has 1 fully saturated rings. The standard InChI is InChI=1S/C31H31N3O5S/c35-25-18-31(22-8-4-5-9-22,16-14-20-10-12-23(13-11-20)38-19-21-6-2-1-3-7-21)39-29(37)26(25)40-30-33-27-24(15-17-32-27)28(36)34-30/h1-3,6-7,10-13,15,17,22,35H,4-5,8-9,14,16,18-19H2,(H2,32,33,34,36). The molecule has 1 atom stereocenters. The summed E-state index contributed by atoms with van der Waals surface area (Å²) in [7, 11) is 0. The Labute approximate surface area is 235 Å². The molecule has 1 saturated carbocycles. The van der Waals surface area contributed by atoms with Crippen LogP contribution in [0.3, 0.4) is 0 Å². The highest BCUT2D eigenvalue weighted by molar-refractivity contribution is 8.03. The van der Waals surface area contributed by atoms with Crippen LogP contribution in [0.15, 0.2) is 87.5 Å². The third kappa shape index (κ3) is 5.51. The van der Waals surface area contributed by atoms with Crippen molar-refractivity contribution in [3.63, 3.8) is 0 Å². The third-order valence-corrected chi connectivity index (χ3v) is 8.91. The molecule has 0 amide bonds. The van der Waals surface area contributed by atoms with E-state index in [9.17, 15) is 14.7 Å². The number of nitrogens with zero attached hydrogens (tertiary/aromatic N) is 1. The minimum absolute atomic E-state index is 0.00737. The van der Waals surface area contributed by atoms with Crippen molar-refractivity contribution >= 4 is 28.8 Å². The Kier molecular flexibility index (Phi) is 7.38. The monoisotopic (exact) mass is 557 g/mol. The zero-order valence-corrected chi connectivity index (χ0v) is 22.8. The highest BCUT2D eigenvalue weighted by Crippen LogP contribution is 2.47. The zero-order chi connectivity index (χ0) is 27.5. The highest BCUT2D eigenvalue weighted by Gasteiger charge is 2.48. The number of ether oxygens (including phenoxy) is 2. The number of esters is 1. The van der Waals surface area contributed by atoms with Gasteiger partial charge in [-0.2, -0.15) is 0 Å². The lowest BCUT2D eigenvalue weighted by atomic mass is 9.77. The maximum absolute atomic E-state index is 13.3. The number of hydrogen-bond donors (Lipinski definition) is 3. The molecule has 2 aliphatic rings. The zero-order valence-electron chi connectivity index (χ0n) is 22.0. The number of H-pyrrole nitrogens is 2. The molecule has 9 heteroatoms. The molecule has 0 spiro atoms. The molecular weight excluding hydrogens is 526 g/mol. The summed E-state index contributed by atoms with van der Waals surface area (Å²) >= 11 is 0.930. The Balaban J connectivity index is 1.16. The maximum atomic E-state index is 13.3. The molecule has 0 radical (unpaired) electrons. The van der Waals surface area contributed by atoms with Gasteiger partial charge in [0, 0.05) is 12.6 Å². The summed E-state index contributed by atoms with van der Waals surface area (Å²) in [6.45, 7) is 0.509. The average molecular weight is 558 g/mol. The van der Waals surface area contributed by atoms with E-state index in [2.05, 4.69) is 15.0 Å². The molecule has 3 heterocycles. The van der Waals surface area contributed by atoms with Crippen molar-refractivity contribution in [2.75, 3.05) is 0 Å². The summed E-state index contributed by atoms with van der Waals surface area (Å²) in [4.78, 5) is 35.7. The average Bonchev–Trinajstić information content (AvgIpc) is 3.68. The van der Waals surface area contributed by atoms with E-state index in [1.807, 2.05) is 54.6 Å². The van der Waals surface area contributed by atoms with Crippen molar-refractivity contribution in [2.24, 2.45) is 5.92 Å². The maximum Gasteiger partial charge on any atom is 0.349 e. The molecule has 8 nitrogen and oxygen atoms in total. The molecule has 1 aliphatic heterocycles. The minimum Gasteiger partial charge on any atom is -0.511 e. The molecule has 4 aromatic rings. The first kappa shape index (κ1) is 26.3. The number of nitrogens with one attached hydrogen (secondary N) is 2. The molecular formula is C31H31N3O5S. The number of aromatic amines is 2. The molecule has 2 aromatic carbocycles. The number of aliphatic hydroxyl groups is 1. The summed E-state index contributed by atoms with van der Waals surface area (Å²) in [5.74, 6) is 0.409. The van der Waals surface area contributed by atoms with Crippen LogP contribution < -0.4 is 10.3 Å². The van der Waals surface area contributed by atoms with Crippen LogP contribution in [0.25, 0.3) is 11.0 Å². The third-order valence-electron chi connectivity index (χ3n) is 7.92. The second-order valence-corrected chi connectivity index (χ2v) is 11.5. The number of aliphatic hydroxyl groups excluding tert-OH is 1. The summed E-state index contributed by atoms with van der Waals surface area (Å²) < 4.78 is 12.1. The van der Waals surface area contributed by atoms with Crippen molar-refractivity contribution in [2.45, 2.75) is 62.3 Å². The van der Waals surface area contributed by atoms with Crippen molar-refractivity contribution in [1.29, 1.82) is 0 Å². The number of benzene rings is 2. The Bertz CT molecular complexity index is 1590. The predicted octanol–water partition coefficient (Wildman–Crippen LogP) is 6.20. The van der Waals surface area contributed by atoms with Gasteiger partial charge in [0.05, 0.1) is 5.39 Å². The van der Waals surface area contributed by atoms with E-state index < -0.39 is 11.6 Å². The Hall–Kier alpha value is -3.98. The molecule has 0 bridgehead atoms.